The molecular formula is C17H28ClN3O4S. The third kappa shape index (κ3) is 5.40. The van der Waals surface area contributed by atoms with Crippen molar-refractivity contribution in [1.29, 1.82) is 0 Å². The SMILES string of the molecule is CC1CN(S(=O)(=O)c2cccc(C(=O)NC(C)(C)CN)c2)CC(C)O1.Cl. The highest BCUT2D eigenvalue weighted by molar-refractivity contribution is 7.89. The fourth-order valence-corrected chi connectivity index (χ4v) is 4.34. The highest BCUT2D eigenvalue weighted by atomic mass is 35.5. The van der Waals surface area contributed by atoms with E-state index in [4.69, 9.17) is 10.5 Å². The molecule has 2 atom stereocenters. The van der Waals surface area contributed by atoms with E-state index in [1.165, 1.54) is 16.4 Å². The summed E-state index contributed by atoms with van der Waals surface area (Å²) in [5, 5.41) is 2.80. The lowest BCUT2D eigenvalue weighted by molar-refractivity contribution is -0.0440. The fourth-order valence-electron chi connectivity index (χ4n) is 2.70. The van der Waals surface area contributed by atoms with Crippen LogP contribution in [0.3, 0.4) is 0 Å². The van der Waals surface area contributed by atoms with Gasteiger partial charge in [-0.3, -0.25) is 4.79 Å². The maximum absolute atomic E-state index is 12.9. The number of nitrogens with two attached hydrogens (primary N) is 1. The third-order valence-corrected chi connectivity index (χ3v) is 5.91. The number of nitrogens with one attached hydrogen (secondary N) is 1. The molecule has 1 saturated heterocycles. The molecule has 1 aliphatic rings. The van der Waals surface area contributed by atoms with Gasteiger partial charge in [-0.25, -0.2) is 8.42 Å². The summed E-state index contributed by atoms with van der Waals surface area (Å²) in [6.07, 6.45) is -0.342. The summed E-state index contributed by atoms with van der Waals surface area (Å²) in [7, 11) is -3.68. The second-order valence-corrected chi connectivity index (χ2v) is 9.09. The number of halogens is 1. The molecule has 2 unspecified atom stereocenters. The quantitative estimate of drug-likeness (QED) is 0.770. The van der Waals surface area contributed by atoms with Crippen LogP contribution in [0.15, 0.2) is 29.2 Å². The number of benzene rings is 1. The Labute approximate surface area is 161 Å². The van der Waals surface area contributed by atoms with E-state index in [0.717, 1.165) is 0 Å². The van der Waals surface area contributed by atoms with E-state index in [1.807, 2.05) is 27.7 Å². The number of sulfonamides is 1. The van der Waals surface area contributed by atoms with E-state index < -0.39 is 15.6 Å². The zero-order valence-electron chi connectivity index (χ0n) is 15.6. The van der Waals surface area contributed by atoms with E-state index in [0.29, 0.717) is 13.1 Å². The lowest BCUT2D eigenvalue weighted by Gasteiger charge is -2.34. The van der Waals surface area contributed by atoms with Crippen molar-refractivity contribution in [3.8, 4) is 0 Å². The summed E-state index contributed by atoms with van der Waals surface area (Å²) < 4.78 is 32.8. The van der Waals surface area contributed by atoms with Crippen LogP contribution in [0.1, 0.15) is 38.1 Å². The summed E-state index contributed by atoms with van der Waals surface area (Å²) in [4.78, 5) is 12.5. The normalized spacial score (nSPS) is 21.7. The van der Waals surface area contributed by atoms with Crippen molar-refractivity contribution in [2.75, 3.05) is 19.6 Å². The summed E-state index contributed by atoms with van der Waals surface area (Å²) in [6, 6.07) is 6.07. The molecule has 0 aliphatic carbocycles. The van der Waals surface area contributed by atoms with Crippen molar-refractivity contribution in [2.45, 2.75) is 50.3 Å². The molecule has 0 radical (unpaired) electrons. The Morgan fingerprint density at radius 2 is 1.88 bits per heavy atom. The van der Waals surface area contributed by atoms with Gasteiger partial charge in [-0.1, -0.05) is 6.07 Å². The predicted octanol–water partition coefficient (Wildman–Crippen LogP) is 1.37. The van der Waals surface area contributed by atoms with Crippen molar-refractivity contribution >= 4 is 28.3 Å². The molecule has 0 bridgehead atoms. The molecule has 0 spiro atoms. The van der Waals surface area contributed by atoms with Gasteiger partial charge < -0.3 is 15.8 Å². The van der Waals surface area contributed by atoms with Crippen molar-refractivity contribution < 1.29 is 17.9 Å². The van der Waals surface area contributed by atoms with Crippen molar-refractivity contribution in [2.24, 2.45) is 5.73 Å². The second kappa shape index (κ2) is 8.67. The molecule has 1 amide bonds. The van der Waals surface area contributed by atoms with E-state index in [1.54, 1.807) is 12.1 Å². The topological polar surface area (TPSA) is 102 Å². The van der Waals surface area contributed by atoms with Gasteiger partial charge in [0.15, 0.2) is 0 Å². The number of ether oxygens (including phenoxy) is 1. The van der Waals surface area contributed by atoms with E-state index >= 15 is 0 Å². The Bertz CT molecular complexity index is 729. The summed E-state index contributed by atoms with van der Waals surface area (Å²) >= 11 is 0. The zero-order chi connectivity index (χ0) is 18.8. The Kier molecular flexibility index (Phi) is 7.62. The predicted molar refractivity (Wildman–Crippen MR) is 103 cm³/mol. The van der Waals surface area contributed by atoms with Gasteiger partial charge in [0.05, 0.1) is 17.1 Å². The average Bonchev–Trinajstić information content (AvgIpc) is 2.53. The van der Waals surface area contributed by atoms with Gasteiger partial charge in [-0.15, -0.1) is 12.4 Å². The number of nitrogens with zero attached hydrogens (tertiary/aromatic N) is 1. The number of hydrogen-bond acceptors (Lipinski definition) is 5. The molecule has 0 saturated carbocycles. The van der Waals surface area contributed by atoms with Gasteiger partial charge >= 0.3 is 0 Å². The Hall–Kier alpha value is -1.19. The molecule has 1 aliphatic heterocycles. The van der Waals surface area contributed by atoms with Crippen molar-refractivity contribution in [3.63, 3.8) is 0 Å². The first-order valence-corrected chi connectivity index (χ1v) is 9.77. The second-order valence-electron chi connectivity index (χ2n) is 7.15. The number of rotatable bonds is 5. The molecule has 1 fully saturated rings. The minimum Gasteiger partial charge on any atom is -0.373 e. The number of hydrogen-bond donors (Lipinski definition) is 2. The van der Waals surface area contributed by atoms with Gasteiger partial charge in [0.1, 0.15) is 0 Å². The first-order chi connectivity index (χ1) is 11.5. The molecule has 2 rings (SSSR count). The monoisotopic (exact) mass is 405 g/mol. The van der Waals surface area contributed by atoms with Crippen LogP contribution in [-0.2, 0) is 14.8 Å². The molecule has 3 N–H and O–H groups in total. The first-order valence-electron chi connectivity index (χ1n) is 8.33. The highest BCUT2D eigenvalue weighted by Crippen LogP contribution is 2.22. The molecule has 1 aromatic carbocycles. The molecule has 9 heteroatoms. The standard InChI is InChI=1S/C17H27N3O4S.ClH/c1-12-9-20(10-13(2)24-12)25(22,23)15-7-5-6-14(8-15)16(21)19-17(3,4)11-18;/h5-8,12-13H,9-11,18H2,1-4H3,(H,19,21);1H. The maximum atomic E-state index is 12.9. The van der Waals surface area contributed by atoms with Crippen LogP contribution in [0.2, 0.25) is 0 Å². The van der Waals surface area contributed by atoms with Crippen LogP contribution < -0.4 is 11.1 Å². The summed E-state index contributed by atoms with van der Waals surface area (Å²) in [5.74, 6) is -0.351. The van der Waals surface area contributed by atoms with E-state index in [-0.39, 0.29) is 47.5 Å². The number of carbonyl (C=O) groups excluding carboxylic acids is 1. The summed E-state index contributed by atoms with van der Waals surface area (Å²) in [6.45, 7) is 8.17. The highest BCUT2D eigenvalue weighted by Gasteiger charge is 2.32. The molecular weight excluding hydrogens is 378 g/mol. The molecule has 1 aromatic rings. The third-order valence-electron chi connectivity index (χ3n) is 4.08. The van der Waals surface area contributed by atoms with E-state index in [9.17, 15) is 13.2 Å². The van der Waals surface area contributed by atoms with Crippen LogP contribution in [0.4, 0.5) is 0 Å². The number of amides is 1. The van der Waals surface area contributed by atoms with Crippen LogP contribution in [-0.4, -0.2) is 56.0 Å². The van der Waals surface area contributed by atoms with Gasteiger partial charge in [0, 0.05) is 30.7 Å². The fraction of sp³-hybridized carbons (Fsp3) is 0.588. The minimum absolute atomic E-state index is 0. The Balaban J connectivity index is 0.00000338. The molecule has 26 heavy (non-hydrogen) atoms. The maximum Gasteiger partial charge on any atom is 0.251 e. The first kappa shape index (κ1) is 22.9. The molecule has 148 valence electrons. The zero-order valence-corrected chi connectivity index (χ0v) is 17.2. The number of morpholine rings is 1. The van der Waals surface area contributed by atoms with Crippen molar-refractivity contribution in [3.05, 3.63) is 29.8 Å². The van der Waals surface area contributed by atoms with Crippen molar-refractivity contribution in [1.82, 2.24) is 9.62 Å². The summed E-state index contributed by atoms with van der Waals surface area (Å²) in [5.41, 5.74) is 5.35. The van der Waals surface area contributed by atoms with Gasteiger partial charge in [-0.2, -0.15) is 4.31 Å². The molecule has 1 heterocycles. The average molecular weight is 406 g/mol. The lowest BCUT2D eigenvalue weighted by atomic mass is 10.1. The molecule has 0 aromatic heterocycles. The lowest BCUT2D eigenvalue weighted by Crippen LogP contribution is -2.49. The van der Waals surface area contributed by atoms with Crippen LogP contribution >= 0.6 is 12.4 Å². The number of carbonyl (C=O) groups is 1. The Morgan fingerprint density at radius 3 is 2.42 bits per heavy atom. The van der Waals surface area contributed by atoms with Gasteiger partial charge in [-0.05, 0) is 45.9 Å². The molecule has 7 nitrogen and oxygen atoms in total. The minimum atomic E-state index is -3.68. The smallest absolute Gasteiger partial charge is 0.251 e. The largest absolute Gasteiger partial charge is 0.373 e. The van der Waals surface area contributed by atoms with Gasteiger partial charge in [0.2, 0.25) is 10.0 Å². The van der Waals surface area contributed by atoms with Crippen LogP contribution in [0.5, 0.6) is 0 Å². The van der Waals surface area contributed by atoms with Crippen LogP contribution in [0.25, 0.3) is 0 Å². The van der Waals surface area contributed by atoms with E-state index in [2.05, 4.69) is 5.32 Å². The Morgan fingerprint density at radius 1 is 1.31 bits per heavy atom. The van der Waals surface area contributed by atoms with Crippen LogP contribution in [0, 0.1) is 0 Å². The van der Waals surface area contributed by atoms with Gasteiger partial charge in [0.25, 0.3) is 5.91 Å².